The first-order valence-corrected chi connectivity index (χ1v) is 7.06. The van der Waals surface area contributed by atoms with E-state index in [1.165, 1.54) is 0 Å². The molecule has 0 bridgehead atoms. The topological polar surface area (TPSA) is 64.3 Å². The van der Waals surface area contributed by atoms with Gasteiger partial charge in [0.2, 0.25) is 0 Å². The molecule has 0 aromatic rings. The number of hydrogen-bond donors (Lipinski definition) is 1. The zero-order valence-corrected chi connectivity index (χ0v) is 12.6. The predicted octanol–water partition coefficient (Wildman–Crippen LogP) is 2.75. The average molecular weight is 266 g/mol. The number of aliphatic carboxylic acids is 1. The maximum Gasteiger partial charge on any atom is 0.309 e. The van der Waals surface area contributed by atoms with Crippen LogP contribution < -0.4 is 0 Å². The molecule has 0 aromatic carbocycles. The number of carbonyl (C=O) groups is 1. The van der Waals surface area contributed by atoms with Gasteiger partial charge in [0.05, 0.1) is 16.9 Å². The number of likely N-dealkylation sites (tertiary alicyclic amines) is 1. The van der Waals surface area contributed by atoms with Gasteiger partial charge in [-0.1, -0.05) is 0 Å². The predicted molar refractivity (Wildman–Crippen MR) is 74.6 cm³/mol. The molecule has 0 radical (unpaired) electrons. The van der Waals surface area contributed by atoms with Crippen LogP contribution in [0.3, 0.4) is 0 Å². The molecule has 0 spiro atoms. The number of nitriles is 1. The van der Waals surface area contributed by atoms with Crippen LogP contribution in [0.25, 0.3) is 0 Å². The van der Waals surface area contributed by atoms with E-state index in [1.54, 1.807) is 0 Å². The first-order valence-electron chi connectivity index (χ1n) is 7.06. The number of piperidine rings is 1. The van der Waals surface area contributed by atoms with E-state index >= 15 is 0 Å². The van der Waals surface area contributed by atoms with Crippen LogP contribution in [0, 0.1) is 28.1 Å². The van der Waals surface area contributed by atoms with Gasteiger partial charge in [-0.15, -0.1) is 0 Å². The quantitative estimate of drug-likeness (QED) is 0.831. The summed E-state index contributed by atoms with van der Waals surface area (Å²) >= 11 is 0. The van der Waals surface area contributed by atoms with Crippen LogP contribution in [0.4, 0.5) is 0 Å². The molecule has 4 heteroatoms. The molecule has 1 aliphatic heterocycles. The monoisotopic (exact) mass is 266 g/mol. The molecule has 1 N–H and O–H groups in total. The smallest absolute Gasteiger partial charge is 0.309 e. The lowest BCUT2D eigenvalue weighted by atomic mass is 9.74. The van der Waals surface area contributed by atoms with Crippen LogP contribution in [-0.2, 0) is 4.79 Å². The van der Waals surface area contributed by atoms with E-state index in [1.807, 2.05) is 27.7 Å². The lowest BCUT2D eigenvalue weighted by molar-refractivity contribution is -0.151. The van der Waals surface area contributed by atoms with Crippen molar-refractivity contribution >= 4 is 5.97 Å². The van der Waals surface area contributed by atoms with Gasteiger partial charge in [0.25, 0.3) is 0 Å². The minimum atomic E-state index is -0.711. The molecule has 0 saturated carbocycles. The fourth-order valence-electron chi connectivity index (χ4n) is 2.52. The van der Waals surface area contributed by atoms with E-state index in [4.69, 9.17) is 5.26 Å². The van der Waals surface area contributed by atoms with E-state index in [2.05, 4.69) is 11.0 Å². The van der Waals surface area contributed by atoms with Gasteiger partial charge in [-0.05, 0) is 66.0 Å². The SMILES string of the molecule is CC(C)(C#N)CCN1CCCC(C(C)(C)C(=O)O)C1. The second-order valence-electron chi connectivity index (χ2n) is 6.91. The van der Waals surface area contributed by atoms with Gasteiger partial charge < -0.3 is 10.0 Å². The highest BCUT2D eigenvalue weighted by Crippen LogP contribution is 2.34. The Hall–Kier alpha value is -1.08. The molecule has 1 saturated heterocycles. The lowest BCUT2D eigenvalue weighted by Crippen LogP contribution is -2.45. The number of nitrogens with zero attached hydrogens (tertiary/aromatic N) is 2. The van der Waals surface area contributed by atoms with E-state index in [0.29, 0.717) is 0 Å². The molecule has 4 nitrogen and oxygen atoms in total. The van der Waals surface area contributed by atoms with Crippen molar-refractivity contribution in [1.82, 2.24) is 4.90 Å². The van der Waals surface area contributed by atoms with Crippen LogP contribution in [0.1, 0.15) is 47.0 Å². The number of rotatable bonds is 5. The van der Waals surface area contributed by atoms with E-state index in [9.17, 15) is 9.90 Å². The van der Waals surface area contributed by atoms with Crippen molar-refractivity contribution in [3.05, 3.63) is 0 Å². The molecule has 0 amide bonds. The fraction of sp³-hybridized carbons (Fsp3) is 0.867. The van der Waals surface area contributed by atoms with Crippen LogP contribution in [0.2, 0.25) is 0 Å². The van der Waals surface area contributed by atoms with Crippen molar-refractivity contribution in [3.63, 3.8) is 0 Å². The maximum absolute atomic E-state index is 11.3. The summed E-state index contributed by atoms with van der Waals surface area (Å²) in [7, 11) is 0. The largest absolute Gasteiger partial charge is 0.481 e. The van der Waals surface area contributed by atoms with Crippen LogP contribution >= 0.6 is 0 Å². The Labute approximate surface area is 116 Å². The summed E-state index contributed by atoms with van der Waals surface area (Å²) < 4.78 is 0. The van der Waals surface area contributed by atoms with Crippen molar-refractivity contribution in [1.29, 1.82) is 5.26 Å². The van der Waals surface area contributed by atoms with Gasteiger partial charge in [0.15, 0.2) is 0 Å². The summed E-state index contributed by atoms with van der Waals surface area (Å²) in [6.07, 6.45) is 2.87. The minimum Gasteiger partial charge on any atom is -0.481 e. The highest BCUT2D eigenvalue weighted by molar-refractivity contribution is 5.74. The van der Waals surface area contributed by atoms with E-state index < -0.39 is 11.4 Å². The molecule has 0 aliphatic carbocycles. The Morgan fingerprint density at radius 1 is 1.42 bits per heavy atom. The molecule has 108 valence electrons. The third kappa shape index (κ3) is 4.21. The molecule has 1 rings (SSSR count). The average Bonchev–Trinajstić information content (AvgIpc) is 2.37. The fourth-order valence-corrected chi connectivity index (χ4v) is 2.52. The zero-order chi connectivity index (χ0) is 14.7. The van der Waals surface area contributed by atoms with Crippen LogP contribution in [-0.4, -0.2) is 35.6 Å². The van der Waals surface area contributed by atoms with Crippen LogP contribution in [0.5, 0.6) is 0 Å². The summed E-state index contributed by atoms with van der Waals surface area (Å²) in [4.78, 5) is 13.6. The summed E-state index contributed by atoms with van der Waals surface area (Å²) in [5.74, 6) is -0.513. The summed E-state index contributed by atoms with van der Waals surface area (Å²) in [6.45, 7) is 10.3. The Balaban J connectivity index is 2.56. The second kappa shape index (κ2) is 5.92. The Bertz CT molecular complexity index is 369. The highest BCUT2D eigenvalue weighted by atomic mass is 16.4. The first kappa shape index (κ1) is 16.0. The summed E-state index contributed by atoms with van der Waals surface area (Å²) in [5.41, 5.74) is -0.960. The normalized spacial score (nSPS) is 21.9. The van der Waals surface area contributed by atoms with Gasteiger partial charge >= 0.3 is 5.97 Å². The van der Waals surface area contributed by atoms with Crippen molar-refractivity contribution in [3.8, 4) is 6.07 Å². The molecular weight excluding hydrogens is 240 g/mol. The van der Waals surface area contributed by atoms with Crippen LogP contribution in [0.15, 0.2) is 0 Å². The number of carboxylic acid groups (broad SMARTS) is 1. The first-order chi connectivity index (χ1) is 8.69. The van der Waals surface area contributed by atoms with Gasteiger partial charge in [0.1, 0.15) is 0 Å². The standard InChI is InChI=1S/C15H26N2O2/c1-14(2,11-16)7-9-17-8-5-6-12(10-17)15(3,4)13(18)19/h12H,5-10H2,1-4H3,(H,18,19). The maximum atomic E-state index is 11.3. The molecule has 1 unspecified atom stereocenters. The molecule has 0 aromatic heterocycles. The summed E-state index contributed by atoms with van der Waals surface area (Å²) in [5, 5.41) is 18.3. The van der Waals surface area contributed by atoms with Crippen molar-refractivity contribution in [2.24, 2.45) is 16.7 Å². The van der Waals surface area contributed by atoms with Gasteiger partial charge in [-0.2, -0.15) is 5.26 Å². The van der Waals surface area contributed by atoms with Crippen molar-refractivity contribution < 1.29 is 9.90 Å². The Morgan fingerprint density at radius 2 is 2.05 bits per heavy atom. The minimum absolute atomic E-state index is 0.198. The molecule has 1 heterocycles. The van der Waals surface area contributed by atoms with E-state index in [0.717, 1.165) is 38.9 Å². The van der Waals surface area contributed by atoms with Crippen molar-refractivity contribution in [2.45, 2.75) is 47.0 Å². The van der Waals surface area contributed by atoms with Gasteiger partial charge in [-0.25, -0.2) is 0 Å². The molecule has 19 heavy (non-hydrogen) atoms. The van der Waals surface area contributed by atoms with Gasteiger partial charge in [0, 0.05) is 6.54 Å². The molecular formula is C15H26N2O2. The second-order valence-corrected chi connectivity index (χ2v) is 6.91. The zero-order valence-electron chi connectivity index (χ0n) is 12.6. The summed E-state index contributed by atoms with van der Waals surface area (Å²) in [6, 6.07) is 2.32. The molecule has 1 atom stereocenters. The molecule has 1 aliphatic rings. The van der Waals surface area contributed by atoms with Crippen molar-refractivity contribution in [2.75, 3.05) is 19.6 Å². The number of carboxylic acids is 1. The molecule has 1 fully saturated rings. The van der Waals surface area contributed by atoms with Gasteiger partial charge in [-0.3, -0.25) is 4.79 Å². The lowest BCUT2D eigenvalue weighted by Gasteiger charge is -2.39. The number of hydrogen-bond acceptors (Lipinski definition) is 3. The van der Waals surface area contributed by atoms with E-state index in [-0.39, 0.29) is 11.3 Å². The Morgan fingerprint density at radius 3 is 2.58 bits per heavy atom. The third-order valence-corrected chi connectivity index (χ3v) is 4.43. The Kier molecular flexibility index (Phi) is 4.98. The third-order valence-electron chi connectivity index (χ3n) is 4.43. The highest BCUT2D eigenvalue weighted by Gasteiger charge is 2.39.